The quantitative estimate of drug-likeness (QED) is 0.1000. The van der Waals surface area contributed by atoms with Gasteiger partial charge in [-0.15, -0.1) is 0 Å². The van der Waals surface area contributed by atoms with Gasteiger partial charge in [-0.1, -0.05) is 388 Å². The van der Waals surface area contributed by atoms with Crippen LogP contribution in [0.4, 0.5) is 0 Å². The molecule has 0 spiro atoms. The van der Waals surface area contributed by atoms with E-state index in [-0.39, 0.29) is 0 Å². The molecule has 0 saturated carbocycles. The first-order chi connectivity index (χ1) is 66.4. The lowest BCUT2D eigenvalue weighted by Crippen LogP contribution is -2.01. The minimum absolute atomic E-state index is 0.602. The highest BCUT2D eigenvalue weighted by molar-refractivity contribution is 6.26. The van der Waals surface area contributed by atoms with E-state index < -0.39 is 0 Å². The summed E-state index contributed by atoms with van der Waals surface area (Å²) < 4.78 is 4.77. The molecule has 20 aromatic carbocycles. The van der Waals surface area contributed by atoms with E-state index in [2.05, 4.69) is 464 Å². The Morgan fingerprint density at radius 2 is 0.396 bits per heavy atom. The maximum absolute atomic E-state index is 5.49. The van der Waals surface area contributed by atoms with Crippen molar-refractivity contribution in [1.82, 2.24) is 44.0 Å². The lowest BCUT2D eigenvalue weighted by Gasteiger charge is -2.14. The van der Waals surface area contributed by atoms with E-state index in [0.29, 0.717) is 23.3 Å². The molecule has 0 aliphatic heterocycles. The Hall–Kier alpha value is -18.1. The molecule has 0 bridgehead atoms. The summed E-state index contributed by atoms with van der Waals surface area (Å²) in [5, 5.41) is 16.7. The van der Waals surface area contributed by atoms with Gasteiger partial charge in [0, 0.05) is 88.2 Å². The van der Waals surface area contributed by atoms with Gasteiger partial charge < -0.3 is 9.13 Å². The number of fused-ring (bicyclic) bond motifs is 16. The van der Waals surface area contributed by atoms with Crippen molar-refractivity contribution >= 4 is 109 Å². The number of hydrogen-bond acceptors (Lipinski definition) is 7. The van der Waals surface area contributed by atoms with E-state index in [1.165, 1.54) is 75.8 Å². The molecule has 0 N–H and O–H groups in total. The number of pyridine rings is 2. The van der Waals surface area contributed by atoms with Gasteiger partial charge in [0.1, 0.15) is 0 Å². The molecule has 9 heteroatoms. The molecule has 26 aromatic rings. The summed E-state index contributed by atoms with van der Waals surface area (Å²) in [5.41, 5.74) is 29.1. The summed E-state index contributed by atoms with van der Waals surface area (Å²) in [6.45, 7) is 0. The van der Waals surface area contributed by atoms with Crippen LogP contribution >= 0.6 is 0 Å². The monoisotopic (exact) mass is 1710 g/mol. The molecule has 6 heterocycles. The zero-order valence-corrected chi connectivity index (χ0v) is 72.6. The second-order valence-electron chi connectivity index (χ2n) is 34.2. The fraction of sp³-hybridized carbons (Fsp3) is 0. The predicted octanol–water partition coefficient (Wildman–Crippen LogP) is 32.3. The number of aromatic nitrogens is 9. The van der Waals surface area contributed by atoms with Crippen LogP contribution in [0.3, 0.4) is 0 Å². The number of hydrogen-bond donors (Lipinski definition) is 0. The highest BCUT2D eigenvalue weighted by Crippen LogP contribution is 2.47. The van der Waals surface area contributed by atoms with Crippen LogP contribution in [0.25, 0.3) is 255 Å². The molecular formula is C125H79N9. The molecule has 0 amide bonds. The molecule has 624 valence electrons. The maximum atomic E-state index is 5.49. The largest absolute Gasteiger partial charge is 0.307 e. The lowest BCUT2D eigenvalue weighted by atomic mass is 9.97. The SMILES string of the molecule is c1ccc(-c2ccc(-c3cc(-c4ccc(-c5ccccc5)cc4)nc(-c4ccc(-n5c6ccccc6c6c7ccccc7nc(-c7ccc8ccc9ccccc9c8c7)c65)cc4)n3)cc2)cc1.c1ccc(-c2ccc(-c3nc(-c4ccc(-c5ccccc5)cc4)nc(-c4ccc(-n5c6ccccc6c6c7ccccc7nc(-c7ccc8ccc9ccccc9c8c7)c65)cc4)n3)cc2)cc1. The summed E-state index contributed by atoms with van der Waals surface area (Å²) in [4.78, 5) is 36.9. The zero-order valence-electron chi connectivity index (χ0n) is 72.6. The Morgan fingerprint density at radius 1 is 0.149 bits per heavy atom. The van der Waals surface area contributed by atoms with E-state index in [1.807, 2.05) is 24.3 Å². The van der Waals surface area contributed by atoms with Gasteiger partial charge in [0.05, 0.1) is 55.9 Å². The van der Waals surface area contributed by atoms with E-state index >= 15 is 0 Å². The minimum Gasteiger partial charge on any atom is -0.307 e. The Labute approximate surface area is 772 Å². The molecule has 0 atom stereocenters. The molecule has 6 aromatic heterocycles. The van der Waals surface area contributed by atoms with Crippen molar-refractivity contribution in [2.24, 2.45) is 0 Å². The molecular weight excluding hydrogens is 1630 g/mol. The summed E-state index contributed by atoms with van der Waals surface area (Å²) >= 11 is 0. The molecule has 9 nitrogen and oxygen atoms in total. The van der Waals surface area contributed by atoms with Crippen LogP contribution < -0.4 is 0 Å². The number of benzene rings is 20. The van der Waals surface area contributed by atoms with Crippen LogP contribution in [0.2, 0.25) is 0 Å². The molecule has 0 unspecified atom stereocenters. The fourth-order valence-electron chi connectivity index (χ4n) is 19.6. The van der Waals surface area contributed by atoms with Crippen molar-refractivity contribution in [3.8, 4) is 146 Å². The molecule has 0 radical (unpaired) electrons. The number of nitrogens with zero attached hydrogens (tertiary/aromatic N) is 9. The van der Waals surface area contributed by atoms with Crippen molar-refractivity contribution < 1.29 is 0 Å². The minimum atomic E-state index is 0.602. The summed E-state index contributed by atoms with van der Waals surface area (Å²) in [5.74, 6) is 2.50. The van der Waals surface area contributed by atoms with Gasteiger partial charge in [-0.25, -0.2) is 34.9 Å². The van der Waals surface area contributed by atoms with E-state index in [1.54, 1.807) is 0 Å². The maximum Gasteiger partial charge on any atom is 0.164 e. The third-order valence-electron chi connectivity index (χ3n) is 26.3. The Morgan fingerprint density at radius 3 is 0.746 bits per heavy atom. The Kier molecular flexibility index (Phi) is 19.4. The Balaban J connectivity index is 0.000000143. The third kappa shape index (κ3) is 14.2. The van der Waals surface area contributed by atoms with Crippen molar-refractivity contribution in [3.05, 3.63) is 479 Å². The van der Waals surface area contributed by atoms with Crippen LogP contribution in [0, 0.1) is 0 Å². The van der Waals surface area contributed by atoms with Crippen LogP contribution in [0.5, 0.6) is 0 Å². The molecule has 0 fully saturated rings. The summed E-state index contributed by atoms with van der Waals surface area (Å²) in [6.07, 6.45) is 0. The van der Waals surface area contributed by atoms with Gasteiger partial charge in [-0.3, -0.25) is 0 Å². The second kappa shape index (κ2) is 33.2. The molecule has 0 saturated heterocycles. The van der Waals surface area contributed by atoms with Gasteiger partial charge in [0.15, 0.2) is 23.3 Å². The fourth-order valence-corrected chi connectivity index (χ4v) is 19.6. The van der Waals surface area contributed by atoms with E-state index in [9.17, 15) is 0 Å². The third-order valence-corrected chi connectivity index (χ3v) is 26.3. The molecule has 26 rings (SSSR count). The first kappa shape index (κ1) is 78.2. The number of rotatable bonds is 14. The second-order valence-corrected chi connectivity index (χ2v) is 34.2. The van der Waals surface area contributed by atoms with Crippen LogP contribution in [0.1, 0.15) is 0 Å². The molecule has 134 heavy (non-hydrogen) atoms. The Bertz CT molecular complexity index is 8310. The standard InChI is InChI=1S/C63H40N4.C62H39N5/c1-3-13-41(14-4-1)43-23-30-47(31-24-43)57-40-58(48-32-25-44(26-33-48)42-15-5-2-6-16-42)66-63(65-57)49-35-37-51(38-36-49)67-59-22-12-10-20-54(59)60-53-19-9-11-21-56(53)64-61(62(60)67)50-34-29-46-28-27-45-17-7-8-18-52(45)55(46)39-50;1-3-13-40(14-4-1)42-23-30-46(31-24-42)60-64-61(47-32-25-43(26-33-47)41-15-5-2-6-16-41)66-62(65-60)48-35-37-50(38-36-48)67-56-22-12-10-20-53(56)57-52-19-9-11-21-55(52)63-58(59(57)67)49-34-29-45-28-27-44-17-7-8-18-51(44)54(45)39-49/h1-40H;1-39H. The predicted molar refractivity (Wildman–Crippen MR) is 556 cm³/mol. The average molecular weight is 1710 g/mol. The number of para-hydroxylation sites is 4. The lowest BCUT2D eigenvalue weighted by molar-refractivity contribution is 1.07. The summed E-state index contributed by atoms with van der Waals surface area (Å²) in [7, 11) is 0. The van der Waals surface area contributed by atoms with Crippen molar-refractivity contribution in [1.29, 1.82) is 0 Å². The first-order valence-electron chi connectivity index (χ1n) is 45.4. The van der Waals surface area contributed by atoms with Crippen molar-refractivity contribution in [2.75, 3.05) is 0 Å². The average Bonchev–Trinajstić information content (AvgIpc) is 1.56. The van der Waals surface area contributed by atoms with Gasteiger partial charge in [0.25, 0.3) is 0 Å². The van der Waals surface area contributed by atoms with Gasteiger partial charge in [0.2, 0.25) is 0 Å². The first-order valence-corrected chi connectivity index (χ1v) is 45.4. The van der Waals surface area contributed by atoms with Crippen LogP contribution in [-0.4, -0.2) is 44.0 Å². The van der Waals surface area contributed by atoms with E-state index in [4.69, 9.17) is 34.9 Å². The topological polar surface area (TPSA) is 100 Å². The van der Waals surface area contributed by atoms with Crippen molar-refractivity contribution in [2.45, 2.75) is 0 Å². The van der Waals surface area contributed by atoms with E-state index in [0.717, 1.165) is 156 Å². The van der Waals surface area contributed by atoms with Crippen molar-refractivity contribution in [3.63, 3.8) is 0 Å². The molecule has 0 aliphatic rings. The van der Waals surface area contributed by atoms with Crippen LogP contribution in [0.15, 0.2) is 479 Å². The normalized spacial score (nSPS) is 11.6. The van der Waals surface area contributed by atoms with Crippen LogP contribution in [-0.2, 0) is 0 Å². The molecule has 0 aliphatic carbocycles. The smallest absolute Gasteiger partial charge is 0.164 e. The van der Waals surface area contributed by atoms with Gasteiger partial charge >= 0.3 is 0 Å². The van der Waals surface area contributed by atoms with Gasteiger partial charge in [-0.2, -0.15) is 0 Å². The summed E-state index contributed by atoms with van der Waals surface area (Å²) in [6, 6.07) is 170. The zero-order chi connectivity index (χ0) is 88.5. The highest BCUT2D eigenvalue weighted by atomic mass is 15.0. The van der Waals surface area contributed by atoms with Gasteiger partial charge in [-0.05, 0) is 179 Å². The highest BCUT2D eigenvalue weighted by Gasteiger charge is 2.26.